The predicted octanol–water partition coefficient (Wildman–Crippen LogP) is 2.04. The first-order valence-corrected chi connectivity index (χ1v) is 9.46. The van der Waals surface area contributed by atoms with Gasteiger partial charge in [0.1, 0.15) is 5.54 Å². The largest absolute Gasteiger partial charge is 0.354 e. The van der Waals surface area contributed by atoms with Crippen LogP contribution in [0.5, 0.6) is 0 Å². The van der Waals surface area contributed by atoms with Crippen LogP contribution in [0.3, 0.4) is 0 Å². The number of rotatable bonds is 6. The minimum absolute atomic E-state index is 0. The van der Waals surface area contributed by atoms with Crippen molar-refractivity contribution in [3.8, 4) is 0 Å². The first kappa shape index (κ1) is 23.2. The minimum Gasteiger partial charge on any atom is -0.354 e. The Bertz CT molecular complexity index is 512. The highest BCUT2D eigenvalue weighted by Crippen LogP contribution is 2.27. The lowest BCUT2D eigenvalue weighted by Gasteiger charge is -2.36. The fourth-order valence-electron chi connectivity index (χ4n) is 4.07. The van der Waals surface area contributed by atoms with Crippen molar-refractivity contribution in [2.45, 2.75) is 44.6 Å². The Labute approximate surface area is 169 Å². The van der Waals surface area contributed by atoms with Crippen molar-refractivity contribution in [1.29, 1.82) is 0 Å². The summed E-state index contributed by atoms with van der Waals surface area (Å²) >= 11 is 0. The number of halogens is 2. The molecule has 8 heteroatoms. The molecule has 0 saturated carbocycles. The monoisotopic (exact) mass is 405 g/mol. The van der Waals surface area contributed by atoms with E-state index < -0.39 is 5.54 Å². The molecule has 0 aromatic carbocycles. The molecule has 2 aliphatic rings. The summed E-state index contributed by atoms with van der Waals surface area (Å²) in [5.41, 5.74) is -0.514. The summed E-state index contributed by atoms with van der Waals surface area (Å²) in [6.45, 7) is 8.31. The van der Waals surface area contributed by atoms with Gasteiger partial charge in [-0.25, -0.2) is 0 Å². The van der Waals surface area contributed by atoms with E-state index in [1.54, 1.807) is 6.20 Å². The standard InChI is InChI=1S/C18H31N5O.2ClH/c1-2-22-14-5-16(6-15-22)4-10-20-17(24)18(7-11-19-12-8-18)23-13-3-9-21-23;;/h3,9,13,16,19H,2,4-8,10-12,14-15H2,1H3,(H,20,24);2*1H. The first-order chi connectivity index (χ1) is 11.7. The quantitative estimate of drug-likeness (QED) is 0.759. The fraction of sp³-hybridized carbons (Fsp3) is 0.778. The molecular weight excluding hydrogens is 373 g/mol. The number of nitrogens with zero attached hydrogens (tertiary/aromatic N) is 3. The number of nitrogens with one attached hydrogen (secondary N) is 2. The Morgan fingerprint density at radius 3 is 2.54 bits per heavy atom. The molecule has 0 aliphatic carbocycles. The van der Waals surface area contributed by atoms with E-state index in [1.165, 1.54) is 25.9 Å². The van der Waals surface area contributed by atoms with E-state index in [4.69, 9.17) is 0 Å². The van der Waals surface area contributed by atoms with Crippen LogP contribution in [-0.4, -0.2) is 59.9 Å². The molecule has 2 fully saturated rings. The molecule has 26 heavy (non-hydrogen) atoms. The highest BCUT2D eigenvalue weighted by Gasteiger charge is 2.41. The number of aromatic nitrogens is 2. The van der Waals surface area contributed by atoms with E-state index in [0.29, 0.717) is 0 Å². The van der Waals surface area contributed by atoms with Gasteiger partial charge in [-0.15, -0.1) is 24.8 Å². The van der Waals surface area contributed by atoms with Crippen molar-refractivity contribution < 1.29 is 4.79 Å². The number of hydrogen-bond acceptors (Lipinski definition) is 4. The molecule has 2 saturated heterocycles. The van der Waals surface area contributed by atoms with Crippen molar-refractivity contribution in [1.82, 2.24) is 25.3 Å². The summed E-state index contributed by atoms with van der Waals surface area (Å²) in [4.78, 5) is 15.5. The van der Waals surface area contributed by atoms with Gasteiger partial charge in [-0.1, -0.05) is 6.92 Å². The third kappa shape index (κ3) is 5.35. The van der Waals surface area contributed by atoms with Gasteiger partial charge in [0, 0.05) is 18.9 Å². The fourth-order valence-corrected chi connectivity index (χ4v) is 4.07. The lowest BCUT2D eigenvalue weighted by atomic mass is 9.87. The van der Waals surface area contributed by atoms with Gasteiger partial charge >= 0.3 is 0 Å². The maximum absolute atomic E-state index is 13.0. The van der Waals surface area contributed by atoms with Crippen LogP contribution < -0.4 is 10.6 Å². The topological polar surface area (TPSA) is 62.2 Å². The Balaban J connectivity index is 0.00000169. The van der Waals surface area contributed by atoms with Gasteiger partial charge in [0.05, 0.1) is 0 Å². The van der Waals surface area contributed by atoms with Crippen molar-refractivity contribution in [2.24, 2.45) is 5.92 Å². The number of piperidine rings is 2. The number of amides is 1. The number of carbonyl (C=O) groups is 1. The molecule has 150 valence electrons. The highest BCUT2D eigenvalue weighted by molar-refractivity contribution is 5.85. The lowest BCUT2D eigenvalue weighted by molar-refractivity contribution is -0.132. The Morgan fingerprint density at radius 2 is 1.96 bits per heavy atom. The van der Waals surface area contributed by atoms with Crippen LogP contribution in [0, 0.1) is 5.92 Å². The molecule has 2 aliphatic heterocycles. The van der Waals surface area contributed by atoms with Crippen LogP contribution in [0.4, 0.5) is 0 Å². The lowest BCUT2D eigenvalue weighted by Crippen LogP contribution is -2.54. The van der Waals surface area contributed by atoms with E-state index in [0.717, 1.165) is 51.4 Å². The number of hydrogen-bond donors (Lipinski definition) is 2. The second-order valence-electron chi connectivity index (χ2n) is 7.15. The molecule has 3 heterocycles. The van der Waals surface area contributed by atoms with Gasteiger partial charge in [-0.3, -0.25) is 9.48 Å². The average Bonchev–Trinajstić information content (AvgIpc) is 3.18. The molecule has 1 aromatic rings. The number of likely N-dealkylation sites (tertiary alicyclic amines) is 1. The van der Waals surface area contributed by atoms with Crippen LogP contribution in [0.1, 0.15) is 39.0 Å². The molecule has 0 spiro atoms. The maximum Gasteiger partial charge on any atom is 0.248 e. The molecule has 0 unspecified atom stereocenters. The van der Waals surface area contributed by atoms with Crippen molar-refractivity contribution in [3.63, 3.8) is 0 Å². The molecule has 3 rings (SSSR count). The minimum atomic E-state index is -0.514. The third-order valence-corrected chi connectivity index (χ3v) is 5.79. The van der Waals surface area contributed by atoms with Crippen LogP contribution in [0.15, 0.2) is 18.5 Å². The van der Waals surface area contributed by atoms with Crippen LogP contribution >= 0.6 is 24.8 Å². The summed E-state index contributed by atoms with van der Waals surface area (Å²) in [7, 11) is 0. The molecule has 1 aromatic heterocycles. The second-order valence-corrected chi connectivity index (χ2v) is 7.15. The molecule has 2 N–H and O–H groups in total. The smallest absolute Gasteiger partial charge is 0.248 e. The normalized spacial score (nSPS) is 20.7. The van der Waals surface area contributed by atoms with Crippen LogP contribution in [-0.2, 0) is 10.3 Å². The molecule has 0 atom stereocenters. The summed E-state index contributed by atoms with van der Waals surface area (Å²) in [5, 5.41) is 10.9. The van der Waals surface area contributed by atoms with Gasteiger partial charge in [0.2, 0.25) is 5.91 Å². The zero-order valence-corrected chi connectivity index (χ0v) is 17.3. The Hall–Kier alpha value is -0.820. The van der Waals surface area contributed by atoms with E-state index in [2.05, 4.69) is 27.6 Å². The van der Waals surface area contributed by atoms with E-state index in [-0.39, 0.29) is 30.7 Å². The summed E-state index contributed by atoms with van der Waals surface area (Å²) in [6, 6.07) is 1.90. The van der Waals surface area contributed by atoms with Crippen molar-refractivity contribution in [2.75, 3.05) is 39.3 Å². The van der Waals surface area contributed by atoms with Crippen molar-refractivity contribution in [3.05, 3.63) is 18.5 Å². The van der Waals surface area contributed by atoms with Gasteiger partial charge < -0.3 is 15.5 Å². The maximum atomic E-state index is 13.0. The van der Waals surface area contributed by atoms with Gasteiger partial charge in [-0.2, -0.15) is 5.10 Å². The van der Waals surface area contributed by atoms with Crippen molar-refractivity contribution >= 4 is 30.7 Å². The zero-order chi connectivity index (χ0) is 16.8. The zero-order valence-electron chi connectivity index (χ0n) is 15.7. The third-order valence-electron chi connectivity index (χ3n) is 5.79. The highest BCUT2D eigenvalue weighted by atomic mass is 35.5. The molecule has 0 radical (unpaired) electrons. The molecular formula is C18H33Cl2N5O. The van der Waals surface area contributed by atoms with Crippen LogP contribution in [0.25, 0.3) is 0 Å². The van der Waals surface area contributed by atoms with Gasteiger partial charge in [-0.05, 0) is 76.8 Å². The SMILES string of the molecule is CCN1CCC(CCNC(=O)C2(n3cccn3)CCNCC2)CC1.Cl.Cl. The molecule has 6 nitrogen and oxygen atoms in total. The van der Waals surface area contributed by atoms with Gasteiger partial charge in [0.15, 0.2) is 0 Å². The summed E-state index contributed by atoms with van der Waals surface area (Å²) < 4.78 is 1.86. The Morgan fingerprint density at radius 1 is 1.27 bits per heavy atom. The molecule has 0 bridgehead atoms. The Kier molecular flexibility index (Phi) is 9.93. The predicted molar refractivity (Wildman–Crippen MR) is 109 cm³/mol. The van der Waals surface area contributed by atoms with Crippen LogP contribution in [0.2, 0.25) is 0 Å². The van der Waals surface area contributed by atoms with E-state index in [1.807, 2.05) is 16.9 Å². The summed E-state index contributed by atoms with van der Waals surface area (Å²) in [6.07, 6.45) is 8.90. The summed E-state index contributed by atoms with van der Waals surface area (Å²) in [5.74, 6) is 0.889. The average molecular weight is 406 g/mol. The second kappa shape index (κ2) is 11.1. The van der Waals surface area contributed by atoms with E-state index >= 15 is 0 Å². The molecule has 1 amide bonds. The van der Waals surface area contributed by atoms with E-state index in [9.17, 15) is 4.79 Å². The van der Waals surface area contributed by atoms with Gasteiger partial charge in [0.25, 0.3) is 0 Å². The first-order valence-electron chi connectivity index (χ1n) is 9.46. The number of carbonyl (C=O) groups excluding carboxylic acids is 1.